The SMILES string of the molecule is CC[O][Ti]([OH])[O]CC. The van der Waals surface area contributed by atoms with E-state index in [1.54, 1.807) is 0 Å². The Bertz CT molecular complexity index is 44.5. The van der Waals surface area contributed by atoms with Crippen LogP contribution < -0.4 is 0 Å². The zero-order chi connectivity index (χ0) is 6.41. The molecule has 0 spiro atoms. The average molecular weight is 155 g/mol. The van der Waals surface area contributed by atoms with Crippen molar-refractivity contribution in [2.24, 2.45) is 0 Å². The molecule has 0 rings (SSSR count). The maximum absolute atomic E-state index is 8.77. The van der Waals surface area contributed by atoms with Crippen LogP contribution in [0.3, 0.4) is 0 Å². The minimum atomic E-state index is -2.44. The first kappa shape index (κ1) is 8.59. The van der Waals surface area contributed by atoms with Crippen molar-refractivity contribution >= 4 is 0 Å². The Morgan fingerprint density at radius 3 is 1.88 bits per heavy atom. The van der Waals surface area contributed by atoms with Crippen LogP contribution in [0, 0.1) is 0 Å². The van der Waals surface area contributed by atoms with Crippen LogP contribution in [-0.4, -0.2) is 16.9 Å². The van der Waals surface area contributed by atoms with Gasteiger partial charge in [-0.1, -0.05) is 0 Å². The molecule has 0 saturated heterocycles. The van der Waals surface area contributed by atoms with Crippen molar-refractivity contribution in [3.63, 3.8) is 0 Å². The Labute approximate surface area is 56.9 Å². The first-order valence-corrected chi connectivity index (χ1v) is 4.60. The van der Waals surface area contributed by atoms with E-state index in [0.29, 0.717) is 13.2 Å². The first-order valence-electron chi connectivity index (χ1n) is 2.62. The summed E-state index contributed by atoms with van der Waals surface area (Å²) in [5.74, 6) is 0. The molecule has 0 fully saturated rings. The molecule has 0 aliphatic rings. The van der Waals surface area contributed by atoms with E-state index in [2.05, 4.69) is 0 Å². The third-order valence-electron chi connectivity index (χ3n) is 0.536. The molecule has 0 aromatic heterocycles. The Morgan fingerprint density at radius 2 is 1.62 bits per heavy atom. The molecule has 0 atom stereocenters. The van der Waals surface area contributed by atoms with Crippen LogP contribution >= 0.6 is 0 Å². The molecule has 0 bridgehead atoms. The second-order valence-corrected chi connectivity index (χ2v) is 2.86. The van der Waals surface area contributed by atoms with Crippen LogP contribution in [0.5, 0.6) is 0 Å². The zero-order valence-corrected chi connectivity index (χ0v) is 6.74. The molecule has 3 nitrogen and oxygen atoms in total. The summed E-state index contributed by atoms with van der Waals surface area (Å²) in [7, 11) is 0. The summed E-state index contributed by atoms with van der Waals surface area (Å²) < 4.78 is 18.3. The summed E-state index contributed by atoms with van der Waals surface area (Å²) >= 11 is -2.44. The predicted octanol–water partition coefficient (Wildman–Crippen LogP) is 0.415. The molecule has 4 heteroatoms. The monoisotopic (exact) mass is 155 g/mol. The molecule has 0 aliphatic heterocycles. The van der Waals surface area contributed by atoms with Crippen LogP contribution in [-0.2, 0) is 25.7 Å². The van der Waals surface area contributed by atoms with Gasteiger partial charge in [-0.2, -0.15) is 0 Å². The fourth-order valence-electron chi connectivity index (χ4n) is 0.289. The molecule has 0 aromatic carbocycles. The van der Waals surface area contributed by atoms with Crippen molar-refractivity contribution < 1.29 is 29.4 Å². The summed E-state index contributed by atoms with van der Waals surface area (Å²) in [5.41, 5.74) is 0. The minimum absolute atomic E-state index is 0.547. The van der Waals surface area contributed by atoms with Crippen LogP contribution in [0.4, 0.5) is 0 Å². The van der Waals surface area contributed by atoms with Crippen LogP contribution in [0.25, 0.3) is 0 Å². The van der Waals surface area contributed by atoms with E-state index >= 15 is 0 Å². The van der Waals surface area contributed by atoms with E-state index in [9.17, 15) is 0 Å². The molecule has 0 aromatic rings. The Hall–Kier alpha value is 0.594. The average Bonchev–Trinajstić information content (AvgIpc) is 1.68. The number of hydrogen-bond donors (Lipinski definition) is 1. The second kappa shape index (κ2) is 5.73. The van der Waals surface area contributed by atoms with Gasteiger partial charge in [0.1, 0.15) is 0 Å². The fraction of sp³-hybridized carbons (Fsp3) is 1.00. The van der Waals surface area contributed by atoms with Gasteiger partial charge in [-0.25, -0.2) is 0 Å². The molecular weight excluding hydrogens is 144 g/mol. The molecule has 0 aliphatic carbocycles. The normalized spacial score (nSPS) is 9.38. The van der Waals surface area contributed by atoms with Gasteiger partial charge in [0.05, 0.1) is 0 Å². The second-order valence-electron chi connectivity index (χ2n) is 1.13. The van der Waals surface area contributed by atoms with E-state index in [1.807, 2.05) is 13.8 Å². The van der Waals surface area contributed by atoms with Gasteiger partial charge in [0, 0.05) is 0 Å². The van der Waals surface area contributed by atoms with E-state index < -0.39 is 19.0 Å². The van der Waals surface area contributed by atoms with Gasteiger partial charge in [-0.3, -0.25) is 0 Å². The van der Waals surface area contributed by atoms with Gasteiger partial charge in [-0.15, -0.1) is 0 Å². The first-order chi connectivity index (χ1) is 3.81. The van der Waals surface area contributed by atoms with Crippen LogP contribution in [0.1, 0.15) is 13.8 Å². The summed E-state index contributed by atoms with van der Waals surface area (Å²) in [4.78, 5) is 0. The molecule has 0 amide bonds. The van der Waals surface area contributed by atoms with E-state index in [4.69, 9.17) is 10.3 Å². The van der Waals surface area contributed by atoms with E-state index in [1.165, 1.54) is 0 Å². The molecule has 0 radical (unpaired) electrons. The quantitative estimate of drug-likeness (QED) is 0.597. The van der Waals surface area contributed by atoms with Gasteiger partial charge >= 0.3 is 56.4 Å². The topological polar surface area (TPSA) is 38.7 Å². The van der Waals surface area contributed by atoms with Gasteiger partial charge < -0.3 is 0 Å². The molecule has 49 valence electrons. The summed E-state index contributed by atoms with van der Waals surface area (Å²) in [5, 5.41) is 0. The Balaban J connectivity index is 2.92. The van der Waals surface area contributed by atoms with Gasteiger partial charge in [0.15, 0.2) is 0 Å². The van der Waals surface area contributed by atoms with Crippen molar-refractivity contribution in [3.8, 4) is 0 Å². The zero-order valence-electron chi connectivity index (χ0n) is 5.18. The van der Waals surface area contributed by atoms with Gasteiger partial charge in [-0.05, 0) is 0 Å². The maximum atomic E-state index is 8.77. The van der Waals surface area contributed by atoms with Gasteiger partial charge in [0.2, 0.25) is 0 Å². The van der Waals surface area contributed by atoms with Crippen molar-refractivity contribution in [2.45, 2.75) is 13.8 Å². The molecule has 0 saturated carbocycles. The Kier molecular flexibility index (Phi) is 6.15. The van der Waals surface area contributed by atoms with Crippen molar-refractivity contribution in [1.29, 1.82) is 0 Å². The third kappa shape index (κ3) is 4.75. The Morgan fingerprint density at radius 1 is 1.25 bits per heavy atom. The molecule has 1 N–H and O–H groups in total. The standard InChI is InChI=1S/2C2H5O.H2O.Ti/c2*1-2-3;;/h2*2H2,1H3;1H2;/q2*-1;;+3/p-1. The van der Waals surface area contributed by atoms with Crippen molar-refractivity contribution in [3.05, 3.63) is 0 Å². The summed E-state index contributed by atoms with van der Waals surface area (Å²) in [6.07, 6.45) is 0. The van der Waals surface area contributed by atoms with Crippen molar-refractivity contribution in [2.75, 3.05) is 13.2 Å². The molecular formula is C4H11O3Ti. The summed E-state index contributed by atoms with van der Waals surface area (Å²) in [6.45, 7) is 4.77. The molecule has 0 unspecified atom stereocenters. The van der Waals surface area contributed by atoms with E-state index in [-0.39, 0.29) is 0 Å². The number of hydrogen-bond acceptors (Lipinski definition) is 3. The summed E-state index contributed by atoms with van der Waals surface area (Å²) in [6, 6.07) is 0. The van der Waals surface area contributed by atoms with Gasteiger partial charge in [0.25, 0.3) is 0 Å². The van der Waals surface area contributed by atoms with Crippen LogP contribution in [0.2, 0.25) is 0 Å². The third-order valence-corrected chi connectivity index (χ3v) is 2.21. The predicted molar refractivity (Wildman–Crippen MR) is 25.5 cm³/mol. The molecule has 0 heterocycles. The molecule has 8 heavy (non-hydrogen) atoms. The van der Waals surface area contributed by atoms with Crippen molar-refractivity contribution in [1.82, 2.24) is 0 Å². The van der Waals surface area contributed by atoms with Crippen LogP contribution in [0.15, 0.2) is 0 Å². The number of rotatable bonds is 4. The van der Waals surface area contributed by atoms with E-state index in [0.717, 1.165) is 0 Å². The fourth-order valence-corrected chi connectivity index (χ4v) is 1.19.